The third kappa shape index (κ3) is 3.93. The largest absolute Gasteiger partial charge is 0.368 e. The fourth-order valence-corrected chi connectivity index (χ4v) is 4.48. The smallest absolute Gasteiger partial charge is 0.282 e. The fourth-order valence-electron chi connectivity index (χ4n) is 4.48. The Labute approximate surface area is 185 Å². The normalized spacial score (nSPS) is 17.1. The molecule has 0 spiro atoms. The molecule has 2 N–H and O–H groups in total. The summed E-state index contributed by atoms with van der Waals surface area (Å²) < 4.78 is 1.64. The van der Waals surface area contributed by atoms with Gasteiger partial charge in [-0.3, -0.25) is 14.2 Å². The molecule has 1 aliphatic carbocycles. The lowest BCUT2D eigenvalue weighted by Crippen LogP contribution is -2.43. The minimum atomic E-state index is -0.375. The highest BCUT2D eigenvalue weighted by Gasteiger charge is 2.24. The van der Waals surface area contributed by atoms with Crippen LogP contribution in [0.2, 0.25) is 0 Å². The molecule has 2 fully saturated rings. The number of carbonyl (C=O) groups excluding carboxylic acids is 1. The number of fused-ring (bicyclic) bond motifs is 1. The predicted molar refractivity (Wildman–Crippen MR) is 122 cm³/mol. The molecule has 0 aromatic carbocycles. The van der Waals surface area contributed by atoms with Crippen molar-refractivity contribution in [2.24, 2.45) is 0 Å². The van der Waals surface area contributed by atoms with Gasteiger partial charge in [0.2, 0.25) is 5.95 Å². The number of nitrogens with one attached hydrogen (secondary N) is 2. The maximum absolute atomic E-state index is 13.0. The van der Waals surface area contributed by atoms with Crippen LogP contribution in [-0.4, -0.2) is 56.5 Å². The van der Waals surface area contributed by atoms with Gasteiger partial charge in [0.05, 0.1) is 18.1 Å². The van der Waals surface area contributed by atoms with Gasteiger partial charge in [0.25, 0.3) is 5.56 Å². The number of hydrogen-bond donors (Lipinski definition) is 2. The zero-order valence-electron chi connectivity index (χ0n) is 18.0. The summed E-state index contributed by atoms with van der Waals surface area (Å²) in [6.45, 7) is 5.20. The van der Waals surface area contributed by atoms with Gasteiger partial charge in [-0.25, -0.2) is 15.0 Å². The molecule has 0 unspecified atom stereocenters. The fraction of sp³-hybridized carbons (Fsp3) is 0.455. The molecule has 10 nitrogen and oxygen atoms in total. The molecule has 2 aliphatic rings. The van der Waals surface area contributed by atoms with Gasteiger partial charge in [-0.2, -0.15) is 4.98 Å². The van der Waals surface area contributed by atoms with E-state index in [-0.39, 0.29) is 23.1 Å². The minimum Gasteiger partial charge on any atom is -0.368 e. The first-order valence-corrected chi connectivity index (χ1v) is 11.1. The SMILES string of the molecule is CC(=O)c1nc2cnc(Nc3ccc(N4CCNCC4)cn3)nc2n(C2CCCC2)c1=O. The Bertz CT molecular complexity index is 1200. The van der Waals surface area contributed by atoms with Gasteiger partial charge in [0.1, 0.15) is 11.3 Å². The summed E-state index contributed by atoms with van der Waals surface area (Å²) in [5, 5.41) is 6.47. The summed E-state index contributed by atoms with van der Waals surface area (Å²) in [7, 11) is 0. The first-order chi connectivity index (χ1) is 15.6. The Morgan fingerprint density at radius 2 is 1.88 bits per heavy atom. The van der Waals surface area contributed by atoms with E-state index in [0.29, 0.717) is 22.9 Å². The van der Waals surface area contributed by atoms with E-state index in [4.69, 9.17) is 0 Å². The third-order valence-corrected chi connectivity index (χ3v) is 6.13. The summed E-state index contributed by atoms with van der Waals surface area (Å²) in [6, 6.07) is 3.94. The van der Waals surface area contributed by atoms with Crippen LogP contribution in [0, 0.1) is 0 Å². The summed E-state index contributed by atoms with van der Waals surface area (Å²) in [6.07, 6.45) is 7.27. The molecule has 0 radical (unpaired) electrons. The number of aromatic nitrogens is 5. The van der Waals surface area contributed by atoms with Crippen molar-refractivity contribution in [1.29, 1.82) is 0 Å². The van der Waals surface area contributed by atoms with E-state index in [9.17, 15) is 9.59 Å². The number of hydrogen-bond acceptors (Lipinski definition) is 9. The van der Waals surface area contributed by atoms with Gasteiger partial charge in [0.15, 0.2) is 17.1 Å². The molecule has 3 aromatic rings. The highest BCUT2D eigenvalue weighted by molar-refractivity contribution is 5.93. The number of Topliss-reactive ketones (excluding diaryl/α,β-unsaturated/α-hetero) is 1. The van der Waals surface area contributed by atoms with Crippen LogP contribution in [-0.2, 0) is 0 Å². The summed E-state index contributed by atoms with van der Waals surface area (Å²) in [5.74, 6) is 0.606. The Hall–Kier alpha value is -3.40. The molecule has 10 heteroatoms. The van der Waals surface area contributed by atoms with E-state index in [0.717, 1.165) is 57.5 Å². The maximum atomic E-state index is 13.0. The molecule has 0 bridgehead atoms. The number of carbonyl (C=O) groups is 1. The third-order valence-electron chi connectivity index (χ3n) is 6.13. The second-order valence-electron chi connectivity index (χ2n) is 8.30. The Morgan fingerprint density at radius 1 is 1.09 bits per heavy atom. The van der Waals surface area contributed by atoms with Crippen LogP contribution in [0.5, 0.6) is 0 Å². The van der Waals surface area contributed by atoms with Crippen LogP contribution < -0.4 is 21.1 Å². The van der Waals surface area contributed by atoms with E-state index in [2.05, 4.69) is 35.5 Å². The lowest BCUT2D eigenvalue weighted by atomic mass is 10.2. The summed E-state index contributed by atoms with van der Waals surface area (Å²) >= 11 is 0. The Morgan fingerprint density at radius 3 is 2.56 bits per heavy atom. The Balaban J connectivity index is 1.47. The first kappa shape index (κ1) is 20.5. The van der Waals surface area contributed by atoms with Crippen LogP contribution in [0.3, 0.4) is 0 Å². The zero-order chi connectivity index (χ0) is 22.1. The average Bonchev–Trinajstić information content (AvgIpc) is 3.34. The molecule has 3 aromatic heterocycles. The van der Waals surface area contributed by atoms with E-state index in [1.807, 2.05) is 18.3 Å². The van der Waals surface area contributed by atoms with Crippen molar-refractivity contribution in [3.8, 4) is 0 Å². The van der Waals surface area contributed by atoms with Crippen molar-refractivity contribution in [3.05, 3.63) is 40.6 Å². The van der Waals surface area contributed by atoms with Crippen molar-refractivity contribution in [2.45, 2.75) is 38.6 Å². The number of ketones is 1. The molecule has 4 heterocycles. The van der Waals surface area contributed by atoms with Gasteiger partial charge in [-0.15, -0.1) is 0 Å². The van der Waals surface area contributed by atoms with Crippen molar-refractivity contribution in [2.75, 3.05) is 36.4 Å². The molecule has 1 aliphatic heterocycles. The second kappa shape index (κ2) is 8.62. The predicted octanol–water partition coefficient (Wildman–Crippen LogP) is 2.05. The van der Waals surface area contributed by atoms with Crippen LogP contribution in [0.15, 0.2) is 29.3 Å². The number of piperazine rings is 1. The topological polar surface area (TPSA) is 118 Å². The molecule has 0 atom stereocenters. The molecule has 166 valence electrons. The van der Waals surface area contributed by atoms with Crippen LogP contribution in [0.1, 0.15) is 49.1 Å². The average molecular weight is 435 g/mol. The van der Waals surface area contributed by atoms with Crippen LogP contribution in [0.4, 0.5) is 17.5 Å². The molecule has 5 rings (SSSR count). The molecule has 32 heavy (non-hydrogen) atoms. The number of nitrogens with zero attached hydrogens (tertiary/aromatic N) is 6. The lowest BCUT2D eigenvalue weighted by molar-refractivity contribution is 0.101. The number of pyridine rings is 1. The highest BCUT2D eigenvalue weighted by atomic mass is 16.1. The van der Waals surface area contributed by atoms with Crippen molar-refractivity contribution in [1.82, 2.24) is 29.8 Å². The van der Waals surface area contributed by atoms with E-state index in [1.54, 1.807) is 10.8 Å². The highest BCUT2D eigenvalue weighted by Crippen LogP contribution is 2.30. The number of rotatable bonds is 5. The van der Waals surface area contributed by atoms with Crippen molar-refractivity contribution >= 4 is 34.4 Å². The van der Waals surface area contributed by atoms with Gasteiger partial charge in [0, 0.05) is 39.1 Å². The molecular formula is C22H26N8O2. The molecule has 1 saturated heterocycles. The number of anilines is 3. The standard InChI is InChI=1S/C22H26N8O2/c1-14(31)19-21(32)30(15-4-2-3-5-15)20-17(26-19)13-25-22(28-20)27-18-7-6-16(12-24-18)29-10-8-23-9-11-29/h6-7,12-13,15,23H,2-5,8-11H2,1H3,(H,24,25,27,28). The van der Waals surface area contributed by atoms with Crippen LogP contribution in [0.25, 0.3) is 11.2 Å². The van der Waals surface area contributed by atoms with E-state index >= 15 is 0 Å². The minimum absolute atomic E-state index is 0.0188. The zero-order valence-corrected chi connectivity index (χ0v) is 18.0. The molecule has 0 amide bonds. The molecule has 1 saturated carbocycles. The van der Waals surface area contributed by atoms with E-state index in [1.165, 1.54) is 6.92 Å². The second-order valence-corrected chi connectivity index (χ2v) is 8.30. The first-order valence-electron chi connectivity index (χ1n) is 11.1. The summed E-state index contributed by atoms with van der Waals surface area (Å²) in [4.78, 5) is 45.0. The lowest BCUT2D eigenvalue weighted by Gasteiger charge is -2.29. The van der Waals surface area contributed by atoms with Gasteiger partial charge in [-0.05, 0) is 25.0 Å². The van der Waals surface area contributed by atoms with Crippen LogP contribution >= 0.6 is 0 Å². The monoisotopic (exact) mass is 434 g/mol. The van der Waals surface area contributed by atoms with Gasteiger partial charge < -0.3 is 15.5 Å². The van der Waals surface area contributed by atoms with E-state index < -0.39 is 0 Å². The molecular weight excluding hydrogens is 408 g/mol. The van der Waals surface area contributed by atoms with Gasteiger partial charge in [-0.1, -0.05) is 12.8 Å². The van der Waals surface area contributed by atoms with Gasteiger partial charge >= 0.3 is 0 Å². The van der Waals surface area contributed by atoms with Crippen molar-refractivity contribution in [3.63, 3.8) is 0 Å². The van der Waals surface area contributed by atoms with Crippen molar-refractivity contribution < 1.29 is 4.79 Å². The Kier molecular flexibility index (Phi) is 5.52. The summed E-state index contributed by atoms with van der Waals surface area (Å²) in [5.41, 5.74) is 1.53. The maximum Gasteiger partial charge on any atom is 0.282 e. The quantitative estimate of drug-likeness (QED) is 0.582.